The average Bonchev–Trinajstić information content (AvgIpc) is 2.71. The van der Waals surface area contributed by atoms with Crippen LogP contribution in [0.2, 0.25) is 0 Å². The SMILES string of the molecule is Cc1ccc(CN2CCN(c3cncc(C(N)=O)n3)CC2)c2cccnc12. The van der Waals surface area contributed by atoms with Gasteiger partial charge < -0.3 is 10.6 Å². The number of aryl methyl sites for hydroxylation is 1. The lowest BCUT2D eigenvalue weighted by Gasteiger charge is -2.35. The van der Waals surface area contributed by atoms with E-state index in [-0.39, 0.29) is 5.69 Å². The first-order chi connectivity index (χ1) is 13.1. The number of pyridine rings is 1. The standard InChI is InChI=1S/C20H22N6O/c1-14-4-5-15(16-3-2-6-23-19(14)16)13-25-7-9-26(10-8-25)18-12-22-11-17(24-18)20(21)27/h2-6,11-12H,7-10,13H2,1H3,(H2,21,27). The molecule has 0 spiro atoms. The van der Waals surface area contributed by atoms with Crippen LogP contribution in [0.4, 0.5) is 5.82 Å². The summed E-state index contributed by atoms with van der Waals surface area (Å²) in [5, 5.41) is 1.22. The molecule has 0 radical (unpaired) electrons. The first-order valence-electron chi connectivity index (χ1n) is 9.04. The Labute approximate surface area is 157 Å². The van der Waals surface area contributed by atoms with Crippen molar-refractivity contribution in [3.05, 3.63) is 59.7 Å². The zero-order valence-corrected chi connectivity index (χ0v) is 15.3. The minimum absolute atomic E-state index is 0.202. The maximum absolute atomic E-state index is 11.3. The third-order valence-electron chi connectivity index (χ3n) is 5.03. The van der Waals surface area contributed by atoms with Gasteiger partial charge in [0.15, 0.2) is 0 Å². The summed E-state index contributed by atoms with van der Waals surface area (Å²) in [5.41, 5.74) is 9.08. The summed E-state index contributed by atoms with van der Waals surface area (Å²) in [6.07, 6.45) is 4.93. The fraction of sp³-hybridized carbons (Fsp3) is 0.300. The summed E-state index contributed by atoms with van der Waals surface area (Å²) in [7, 11) is 0. The Balaban J connectivity index is 1.45. The normalized spacial score (nSPS) is 15.2. The molecule has 138 valence electrons. The molecular weight excluding hydrogens is 340 g/mol. The second kappa shape index (κ2) is 7.28. The number of carbonyl (C=O) groups excluding carboxylic acids is 1. The van der Waals surface area contributed by atoms with Gasteiger partial charge in [0.05, 0.1) is 17.9 Å². The summed E-state index contributed by atoms with van der Waals surface area (Å²) in [5.74, 6) is 0.152. The van der Waals surface area contributed by atoms with Crippen LogP contribution in [0.3, 0.4) is 0 Å². The van der Waals surface area contributed by atoms with Gasteiger partial charge in [0, 0.05) is 44.3 Å². The highest BCUT2D eigenvalue weighted by molar-refractivity contribution is 5.90. The van der Waals surface area contributed by atoms with Crippen LogP contribution in [0, 0.1) is 6.92 Å². The molecule has 2 N–H and O–H groups in total. The molecule has 0 saturated carbocycles. The molecule has 0 aliphatic carbocycles. The van der Waals surface area contributed by atoms with E-state index in [1.54, 1.807) is 6.20 Å². The maximum atomic E-state index is 11.3. The van der Waals surface area contributed by atoms with Crippen molar-refractivity contribution in [2.45, 2.75) is 13.5 Å². The van der Waals surface area contributed by atoms with Crippen LogP contribution in [0.25, 0.3) is 10.9 Å². The lowest BCUT2D eigenvalue weighted by atomic mass is 10.0. The fourth-order valence-corrected chi connectivity index (χ4v) is 3.51. The first-order valence-corrected chi connectivity index (χ1v) is 9.04. The average molecular weight is 362 g/mol. The van der Waals surface area contributed by atoms with E-state index in [9.17, 15) is 4.79 Å². The van der Waals surface area contributed by atoms with Crippen LogP contribution >= 0.6 is 0 Å². The van der Waals surface area contributed by atoms with Gasteiger partial charge in [-0.2, -0.15) is 0 Å². The highest BCUT2D eigenvalue weighted by atomic mass is 16.1. The van der Waals surface area contributed by atoms with Gasteiger partial charge in [0.1, 0.15) is 11.5 Å². The predicted octanol–water partition coefficient (Wildman–Crippen LogP) is 1.75. The number of hydrogen-bond acceptors (Lipinski definition) is 6. The van der Waals surface area contributed by atoms with Crippen molar-refractivity contribution in [1.82, 2.24) is 19.9 Å². The lowest BCUT2D eigenvalue weighted by Crippen LogP contribution is -2.46. The summed E-state index contributed by atoms with van der Waals surface area (Å²) >= 11 is 0. The number of nitrogens with two attached hydrogens (primary N) is 1. The quantitative estimate of drug-likeness (QED) is 0.761. The van der Waals surface area contributed by atoms with Crippen molar-refractivity contribution in [1.29, 1.82) is 0 Å². The lowest BCUT2D eigenvalue weighted by molar-refractivity contribution is 0.0995. The minimum Gasteiger partial charge on any atom is -0.364 e. The van der Waals surface area contributed by atoms with Crippen molar-refractivity contribution in [3.8, 4) is 0 Å². The van der Waals surface area contributed by atoms with Crippen LogP contribution in [0.5, 0.6) is 0 Å². The van der Waals surface area contributed by atoms with E-state index in [0.717, 1.165) is 38.2 Å². The molecular formula is C20H22N6O. The number of nitrogens with zero attached hydrogens (tertiary/aromatic N) is 5. The van der Waals surface area contributed by atoms with E-state index in [1.165, 1.54) is 22.7 Å². The number of rotatable bonds is 4. The van der Waals surface area contributed by atoms with Crippen LogP contribution < -0.4 is 10.6 Å². The Morgan fingerprint density at radius 3 is 2.74 bits per heavy atom. The predicted molar refractivity (Wildman–Crippen MR) is 105 cm³/mol. The molecule has 3 heterocycles. The summed E-state index contributed by atoms with van der Waals surface area (Å²) < 4.78 is 0. The van der Waals surface area contributed by atoms with E-state index in [4.69, 9.17) is 5.73 Å². The monoisotopic (exact) mass is 362 g/mol. The van der Waals surface area contributed by atoms with Gasteiger partial charge in [-0.05, 0) is 24.1 Å². The maximum Gasteiger partial charge on any atom is 0.268 e. The van der Waals surface area contributed by atoms with Crippen LogP contribution in [0.15, 0.2) is 42.9 Å². The van der Waals surface area contributed by atoms with Gasteiger partial charge in [-0.15, -0.1) is 0 Å². The molecule has 27 heavy (non-hydrogen) atoms. The Morgan fingerprint density at radius 1 is 1.15 bits per heavy atom. The number of fused-ring (bicyclic) bond motifs is 1. The number of benzene rings is 1. The van der Waals surface area contributed by atoms with Crippen molar-refractivity contribution in [2.24, 2.45) is 5.73 Å². The van der Waals surface area contributed by atoms with Gasteiger partial charge in [0.25, 0.3) is 5.91 Å². The Kier molecular flexibility index (Phi) is 4.68. The molecule has 1 fully saturated rings. The van der Waals surface area contributed by atoms with Crippen LogP contribution in [-0.4, -0.2) is 51.9 Å². The Hall–Kier alpha value is -3.06. The molecule has 1 aliphatic rings. The second-order valence-corrected chi connectivity index (χ2v) is 6.83. The largest absolute Gasteiger partial charge is 0.364 e. The molecule has 1 aromatic carbocycles. The van der Waals surface area contributed by atoms with Crippen molar-refractivity contribution < 1.29 is 4.79 Å². The zero-order chi connectivity index (χ0) is 18.8. The highest BCUT2D eigenvalue weighted by Crippen LogP contribution is 2.22. The first kappa shape index (κ1) is 17.4. The smallest absolute Gasteiger partial charge is 0.268 e. The summed E-state index contributed by atoms with van der Waals surface area (Å²) in [4.78, 5) is 28.8. The molecule has 2 aromatic heterocycles. The van der Waals surface area contributed by atoms with E-state index >= 15 is 0 Å². The number of hydrogen-bond donors (Lipinski definition) is 1. The number of aromatic nitrogens is 3. The van der Waals surface area contributed by atoms with Crippen molar-refractivity contribution in [2.75, 3.05) is 31.1 Å². The number of piperazine rings is 1. The third-order valence-corrected chi connectivity index (χ3v) is 5.03. The van der Waals surface area contributed by atoms with E-state index in [1.807, 2.05) is 12.3 Å². The topological polar surface area (TPSA) is 88.2 Å². The van der Waals surface area contributed by atoms with Crippen molar-refractivity contribution in [3.63, 3.8) is 0 Å². The molecule has 0 atom stereocenters. The summed E-state index contributed by atoms with van der Waals surface area (Å²) in [6, 6.07) is 8.48. The number of anilines is 1. The number of carbonyl (C=O) groups is 1. The molecule has 1 aliphatic heterocycles. The Bertz CT molecular complexity index is 981. The van der Waals surface area contributed by atoms with Crippen LogP contribution in [0.1, 0.15) is 21.6 Å². The second-order valence-electron chi connectivity index (χ2n) is 6.83. The summed E-state index contributed by atoms with van der Waals surface area (Å²) in [6.45, 7) is 6.48. The van der Waals surface area contributed by atoms with Crippen LogP contribution in [-0.2, 0) is 6.54 Å². The molecule has 1 amide bonds. The molecule has 7 heteroatoms. The fourth-order valence-electron chi connectivity index (χ4n) is 3.51. The molecule has 1 saturated heterocycles. The highest BCUT2D eigenvalue weighted by Gasteiger charge is 2.20. The van der Waals surface area contributed by atoms with E-state index in [2.05, 4.69) is 49.9 Å². The molecule has 7 nitrogen and oxygen atoms in total. The number of amides is 1. The van der Waals surface area contributed by atoms with Gasteiger partial charge in [0.2, 0.25) is 0 Å². The number of primary amides is 1. The van der Waals surface area contributed by atoms with E-state index in [0.29, 0.717) is 5.82 Å². The van der Waals surface area contributed by atoms with Gasteiger partial charge in [-0.3, -0.25) is 19.7 Å². The molecule has 0 bridgehead atoms. The molecule has 4 rings (SSSR count). The Morgan fingerprint density at radius 2 is 1.96 bits per heavy atom. The third kappa shape index (κ3) is 3.59. The molecule has 0 unspecified atom stereocenters. The van der Waals surface area contributed by atoms with Gasteiger partial charge in [-0.25, -0.2) is 4.98 Å². The van der Waals surface area contributed by atoms with E-state index < -0.39 is 5.91 Å². The molecule has 3 aromatic rings. The zero-order valence-electron chi connectivity index (χ0n) is 15.3. The van der Waals surface area contributed by atoms with Gasteiger partial charge >= 0.3 is 0 Å². The van der Waals surface area contributed by atoms with Gasteiger partial charge in [-0.1, -0.05) is 18.2 Å². The van der Waals surface area contributed by atoms with Crippen molar-refractivity contribution >= 4 is 22.6 Å². The minimum atomic E-state index is -0.553.